The summed E-state index contributed by atoms with van der Waals surface area (Å²) < 4.78 is 16.8. The molecular weight excluding hydrogens is 1170 g/mol. The van der Waals surface area contributed by atoms with Gasteiger partial charge in [0.25, 0.3) is 0 Å². The highest BCUT2D eigenvalue weighted by Gasteiger charge is 2.44. The van der Waals surface area contributed by atoms with Gasteiger partial charge in [-0.1, -0.05) is 359 Å². The van der Waals surface area contributed by atoms with Crippen LogP contribution in [0.1, 0.15) is 418 Å². The van der Waals surface area contributed by atoms with Gasteiger partial charge in [0.15, 0.2) is 6.29 Å². The number of rotatable bonds is 74. The molecule has 0 aliphatic carbocycles. The summed E-state index contributed by atoms with van der Waals surface area (Å²) in [4.78, 5) is 25.2. The summed E-state index contributed by atoms with van der Waals surface area (Å²) in [5.74, 6) is -0.167. The number of ether oxygens (including phenoxy) is 3. The number of unbranched alkanes of at least 4 members (excludes halogenated alkanes) is 56. The molecule has 11 heteroatoms. The molecule has 7 unspecified atom stereocenters. The molecule has 0 radical (unpaired) electrons. The third kappa shape index (κ3) is 59.9. The fourth-order valence-electron chi connectivity index (χ4n) is 13.3. The first kappa shape index (κ1) is 89.9. The zero-order chi connectivity index (χ0) is 67.9. The summed E-state index contributed by atoms with van der Waals surface area (Å²) >= 11 is 0. The maximum absolute atomic E-state index is 13.1. The van der Waals surface area contributed by atoms with Crippen LogP contribution in [0.4, 0.5) is 0 Å². The number of amides is 1. The Hall–Kier alpha value is -2.12. The average Bonchev–Trinajstić information content (AvgIpc) is 0.856. The molecule has 7 atom stereocenters. The molecule has 1 heterocycles. The lowest BCUT2D eigenvalue weighted by Gasteiger charge is -2.40. The highest BCUT2D eigenvalue weighted by Crippen LogP contribution is 2.24. The van der Waals surface area contributed by atoms with Crippen molar-refractivity contribution in [2.24, 2.45) is 0 Å². The van der Waals surface area contributed by atoms with Crippen LogP contribution < -0.4 is 5.32 Å². The zero-order valence-electron chi connectivity index (χ0n) is 62.0. The van der Waals surface area contributed by atoms with Crippen LogP contribution in [-0.4, -0.2) is 100 Å². The van der Waals surface area contributed by atoms with Crippen molar-refractivity contribution < 1.29 is 49.3 Å². The molecule has 0 aromatic heterocycles. The second-order valence-corrected chi connectivity index (χ2v) is 28.8. The Balaban J connectivity index is 1.91. The highest BCUT2D eigenvalue weighted by molar-refractivity contribution is 5.76. The first-order valence-electron chi connectivity index (χ1n) is 41.3. The first-order chi connectivity index (χ1) is 46.2. The molecule has 1 amide bonds. The van der Waals surface area contributed by atoms with E-state index in [9.17, 15) is 35.1 Å². The average molecular weight is 1330 g/mol. The molecule has 0 spiro atoms. The molecular formula is C83H157NO10. The monoisotopic (exact) mass is 1330 g/mol. The van der Waals surface area contributed by atoms with Crippen molar-refractivity contribution >= 4 is 11.9 Å². The van der Waals surface area contributed by atoms with Crippen LogP contribution in [0.3, 0.4) is 0 Å². The zero-order valence-corrected chi connectivity index (χ0v) is 62.0. The molecule has 94 heavy (non-hydrogen) atoms. The summed E-state index contributed by atoms with van der Waals surface area (Å²) in [6.45, 7) is 4.38. The molecule has 6 N–H and O–H groups in total. The van der Waals surface area contributed by atoms with Gasteiger partial charge in [0.1, 0.15) is 24.4 Å². The van der Waals surface area contributed by atoms with E-state index in [0.717, 1.165) is 57.8 Å². The molecule has 1 fully saturated rings. The van der Waals surface area contributed by atoms with E-state index in [1.54, 1.807) is 6.08 Å². The van der Waals surface area contributed by atoms with Crippen LogP contribution in [0.5, 0.6) is 0 Å². The van der Waals surface area contributed by atoms with Gasteiger partial charge in [-0.25, -0.2) is 0 Å². The smallest absolute Gasteiger partial charge is 0.305 e. The Morgan fingerprint density at radius 3 is 1.04 bits per heavy atom. The largest absolute Gasteiger partial charge is 0.466 e. The van der Waals surface area contributed by atoms with Crippen LogP contribution in [0.25, 0.3) is 0 Å². The summed E-state index contributed by atoms with van der Waals surface area (Å²) in [5.41, 5.74) is 0. The fourth-order valence-corrected chi connectivity index (χ4v) is 13.3. The number of aliphatic hydroxyl groups is 5. The van der Waals surface area contributed by atoms with Crippen LogP contribution in [0, 0.1) is 0 Å². The van der Waals surface area contributed by atoms with E-state index in [1.807, 2.05) is 6.08 Å². The second kappa shape index (κ2) is 72.1. The Morgan fingerprint density at radius 2 is 0.681 bits per heavy atom. The molecule has 0 aromatic rings. The van der Waals surface area contributed by atoms with E-state index in [4.69, 9.17) is 14.2 Å². The van der Waals surface area contributed by atoms with E-state index >= 15 is 0 Å². The van der Waals surface area contributed by atoms with E-state index in [-0.39, 0.29) is 18.5 Å². The Kier molecular flexibility index (Phi) is 69.0. The molecule has 11 nitrogen and oxygen atoms in total. The number of hydrogen-bond acceptors (Lipinski definition) is 10. The van der Waals surface area contributed by atoms with Crippen molar-refractivity contribution in [2.75, 3.05) is 19.8 Å². The lowest BCUT2D eigenvalue weighted by Crippen LogP contribution is -2.60. The third-order valence-electron chi connectivity index (χ3n) is 19.7. The molecule has 1 saturated heterocycles. The normalized spacial score (nSPS) is 17.5. The van der Waals surface area contributed by atoms with Gasteiger partial charge in [-0.15, -0.1) is 0 Å². The maximum Gasteiger partial charge on any atom is 0.305 e. The van der Waals surface area contributed by atoms with E-state index in [2.05, 4.69) is 43.5 Å². The van der Waals surface area contributed by atoms with Gasteiger partial charge in [0.05, 0.1) is 32.0 Å². The molecule has 1 aliphatic rings. The summed E-state index contributed by atoms with van der Waals surface area (Å²) in [6, 6.07) is -0.807. The van der Waals surface area contributed by atoms with Gasteiger partial charge in [0, 0.05) is 12.8 Å². The van der Waals surface area contributed by atoms with Gasteiger partial charge < -0.3 is 45.1 Å². The molecule has 1 rings (SSSR count). The maximum atomic E-state index is 13.1. The summed E-state index contributed by atoms with van der Waals surface area (Å²) in [7, 11) is 0. The predicted octanol–water partition coefficient (Wildman–Crippen LogP) is 22.5. The third-order valence-corrected chi connectivity index (χ3v) is 19.7. The van der Waals surface area contributed by atoms with Crippen LogP contribution >= 0.6 is 0 Å². The number of aliphatic hydroxyl groups excluding tert-OH is 5. The Morgan fingerprint density at radius 1 is 0.383 bits per heavy atom. The van der Waals surface area contributed by atoms with E-state index < -0.39 is 49.5 Å². The Labute approximate surface area is 581 Å². The van der Waals surface area contributed by atoms with Crippen molar-refractivity contribution in [2.45, 2.75) is 461 Å². The SMILES string of the molecule is CCCCC/C=C\CCCCCCCC(=O)OCCCCCCCCCCCCCCCCCCCC/C=C\CCCCCCCCCCCCCCCCCCCC(=O)NC(COC1OC(CO)C(O)C(O)C1O)C(O)/C=C/CCCCCCCCCCCCCCC. The lowest BCUT2D eigenvalue weighted by atomic mass is 9.99. The highest BCUT2D eigenvalue weighted by atomic mass is 16.7. The second-order valence-electron chi connectivity index (χ2n) is 28.8. The minimum atomic E-state index is -1.57. The molecule has 1 aliphatic heterocycles. The van der Waals surface area contributed by atoms with Crippen molar-refractivity contribution in [3.05, 3.63) is 36.5 Å². The lowest BCUT2D eigenvalue weighted by molar-refractivity contribution is -0.302. The molecule has 0 bridgehead atoms. The quantitative estimate of drug-likeness (QED) is 0.0195. The standard InChI is InChI=1S/C83H157NO10/c1-3-5-7-9-11-13-15-17-43-46-49-53-57-61-65-69-76(86)75(74-93-83-82(91)81(90)80(89)77(73-85)94-83)84-78(87)70-66-62-58-54-50-47-44-41-39-37-35-33-31-29-27-25-23-21-19-18-20-22-24-26-28-30-32-34-36-38-40-42-45-48-52-56-60-64-68-72-92-79(88)71-67-63-59-55-51-16-14-12-10-8-6-4-2/h12,14,18-19,65,69,75-77,80-83,85-86,89-91H,3-11,13,15-17,20-64,66-68,70-74H2,1-2H3,(H,84,87)/b14-12-,19-18-,69-65+. The molecule has 554 valence electrons. The number of allylic oxidation sites excluding steroid dienone is 5. The van der Waals surface area contributed by atoms with Crippen molar-refractivity contribution in [1.29, 1.82) is 0 Å². The van der Waals surface area contributed by atoms with Crippen molar-refractivity contribution in [3.8, 4) is 0 Å². The van der Waals surface area contributed by atoms with Gasteiger partial charge in [-0.3, -0.25) is 9.59 Å². The summed E-state index contributed by atoms with van der Waals surface area (Å²) in [5, 5.41) is 54.7. The van der Waals surface area contributed by atoms with E-state index in [1.165, 1.54) is 334 Å². The van der Waals surface area contributed by atoms with Gasteiger partial charge in [-0.05, 0) is 83.5 Å². The first-order valence-corrected chi connectivity index (χ1v) is 41.3. The minimum Gasteiger partial charge on any atom is -0.466 e. The fraction of sp³-hybridized carbons (Fsp3) is 0.904. The number of carbonyl (C=O) groups is 2. The number of nitrogens with one attached hydrogen (secondary N) is 1. The summed E-state index contributed by atoms with van der Waals surface area (Å²) in [6.07, 6.45) is 84.7. The molecule has 0 aromatic carbocycles. The predicted molar refractivity (Wildman–Crippen MR) is 398 cm³/mol. The van der Waals surface area contributed by atoms with Crippen LogP contribution in [0.15, 0.2) is 36.5 Å². The Bertz CT molecular complexity index is 1660. The number of carbonyl (C=O) groups excluding carboxylic acids is 2. The van der Waals surface area contributed by atoms with Crippen LogP contribution in [-0.2, 0) is 23.8 Å². The minimum absolute atomic E-state index is 0.00719. The van der Waals surface area contributed by atoms with Crippen LogP contribution in [0.2, 0.25) is 0 Å². The van der Waals surface area contributed by atoms with Crippen molar-refractivity contribution in [1.82, 2.24) is 5.32 Å². The number of esters is 1. The van der Waals surface area contributed by atoms with Gasteiger partial charge in [0.2, 0.25) is 5.91 Å². The van der Waals surface area contributed by atoms with E-state index in [0.29, 0.717) is 19.4 Å². The molecule has 0 saturated carbocycles. The van der Waals surface area contributed by atoms with Crippen molar-refractivity contribution in [3.63, 3.8) is 0 Å². The van der Waals surface area contributed by atoms with Gasteiger partial charge in [-0.2, -0.15) is 0 Å². The number of hydrogen-bond donors (Lipinski definition) is 6. The van der Waals surface area contributed by atoms with Gasteiger partial charge >= 0.3 is 5.97 Å². The topological polar surface area (TPSA) is 175 Å².